The summed E-state index contributed by atoms with van der Waals surface area (Å²) in [7, 11) is 0. The lowest BCUT2D eigenvalue weighted by Gasteiger charge is -2.13. The number of nitrogens with two attached hydrogens (primary N) is 1. The normalized spacial score (nSPS) is 10.0. The highest BCUT2D eigenvalue weighted by molar-refractivity contribution is 9.10. The van der Waals surface area contributed by atoms with Crippen molar-refractivity contribution in [3.8, 4) is 6.07 Å². The van der Waals surface area contributed by atoms with Crippen molar-refractivity contribution in [1.29, 1.82) is 5.26 Å². The zero-order chi connectivity index (χ0) is 14.0. The van der Waals surface area contributed by atoms with E-state index in [-0.39, 0.29) is 0 Å². The molecule has 2 aromatic rings. The molecule has 0 saturated carbocycles. The molecule has 19 heavy (non-hydrogen) atoms. The predicted octanol–water partition coefficient (Wildman–Crippen LogP) is 4.26. The molecule has 0 fully saturated rings. The molecular weight excluding hydrogens is 302 g/mol. The quantitative estimate of drug-likeness (QED) is 0.814. The zero-order valence-electron chi connectivity index (χ0n) is 10.8. The van der Waals surface area contributed by atoms with E-state index in [4.69, 9.17) is 11.0 Å². The number of nitriles is 1. The Kier molecular flexibility index (Phi) is 3.77. The molecule has 2 aromatic carbocycles. The maximum atomic E-state index is 8.95. The van der Waals surface area contributed by atoms with Crippen molar-refractivity contribution < 1.29 is 0 Å². The lowest BCUT2D eigenvalue weighted by Crippen LogP contribution is -1.97. The second kappa shape index (κ2) is 5.33. The van der Waals surface area contributed by atoms with E-state index in [1.807, 2.05) is 44.2 Å². The highest BCUT2D eigenvalue weighted by Gasteiger charge is 2.06. The standard InChI is InChI=1S/C15H14BrN3/c1-9-3-4-11(8-17)6-14(9)19-15-5-10(2)13(18)7-12(15)16/h3-7,19H,18H2,1-2H3. The first kappa shape index (κ1) is 13.4. The predicted molar refractivity (Wildman–Crippen MR) is 82.5 cm³/mol. The van der Waals surface area contributed by atoms with Crippen LogP contribution in [0.25, 0.3) is 0 Å². The van der Waals surface area contributed by atoms with E-state index in [1.165, 1.54) is 0 Å². The van der Waals surface area contributed by atoms with Crippen LogP contribution >= 0.6 is 15.9 Å². The number of nitrogen functional groups attached to an aromatic ring is 1. The number of rotatable bonds is 2. The molecule has 96 valence electrons. The van der Waals surface area contributed by atoms with Gasteiger partial charge in [-0.25, -0.2) is 0 Å². The van der Waals surface area contributed by atoms with E-state index in [0.717, 1.165) is 32.7 Å². The Labute approximate surface area is 121 Å². The van der Waals surface area contributed by atoms with Gasteiger partial charge in [-0.1, -0.05) is 6.07 Å². The molecule has 3 N–H and O–H groups in total. The molecule has 0 amide bonds. The third-order valence-corrected chi connectivity index (χ3v) is 3.65. The first-order valence-electron chi connectivity index (χ1n) is 5.84. The van der Waals surface area contributed by atoms with Crippen LogP contribution in [0.1, 0.15) is 16.7 Å². The number of nitrogens with one attached hydrogen (secondary N) is 1. The summed E-state index contributed by atoms with van der Waals surface area (Å²) in [6.07, 6.45) is 0. The minimum Gasteiger partial charge on any atom is -0.398 e. The Hall–Kier alpha value is -1.99. The number of halogens is 1. The van der Waals surface area contributed by atoms with Crippen molar-refractivity contribution >= 4 is 33.0 Å². The maximum Gasteiger partial charge on any atom is 0.0992 e. The number of hydrogen-bond acceptors (Lipinski definition) is 3. The van der Waals surface area contributed by atoms with Crippen molar-refractivity contribution in [3.05, 3.63) is 51.5 Å². The summed E-state index contributed by atoms with van der Waals surface area (Å²) in [5.74, 6) is 0. The third kappa shape index (κ3) is 2.88. The van der Waals surface area contributed by atoms with Gasteiger partial charge < -0.3 is 11.1 Å². The fourth-order valence-electron chi connectivity index (χ4n) is 1.76. The number of aryl methyl sites for hydroxylation is 2. The SMILES string of the molecule is Cc1cc(Nc2cc(C#N)ccc2C)c(Br)cc1N. The second-order valence-electron chi connectivity index (χ2n) is 4.46. The molecular formula is C15H14BrN3. The van der Waals surface area contributed by atoms with Crippen molar-refractivity contribution in [2.75, 3.05) is 11.1 Å². The van der Waals surface area contributed by atoms with Crippen LogP contribution in [0.2, 0.25) is 0 Å². The van der Waals surface area contributed by atoms with Gasteiger partial charge in [0.2, 0.25) is 0 Å². The van der Waals surface area contributed by atoms with Crippen LogP contribution in [0.5, 0.6) is 0 Å². The Morgan fingerprint density at radius 3 is 2.53 bits per heavy atom. The minimum absolute atomic E-state index is 0.636. The molecule has 0 saturated heterocycles. The van der Waals surface area contributed by atoms with Gasteiger partial charge in [0, 0.05) is 15.8 Å². The Morgan fingerprint density at radius 1 is 1.11 bits per heavy atom. The van der Waals surface area contributed by atoms with Crippen LogP contribution in [0.4, 0.5) is 17.1 Å². The second-order valence-corrected chi connectivity index (χ2v) is 5.31. The van der Waals surface area contributed by atoms with Crippen LogP contribution < -0.4 is 11.1 Å². The maximum absolute atomic E-state index is 8.95. The minimum atomic E-state index is 0.636. The van der Waals surface area contributed by atoms with Gasteiger partial charge in [-0.2, -0.15) is 5.26 Å². The number of hydrogen-bond donors (Lipinski definition) is 2. The highest BCUT2D eigenvalue weighted by Crippen LogP contribution is 2.31. The van der Waals surface area contributed by atoms with Gasteiger partial charge in [0.05, 0.1) is 17.3 Å². The summed E-state index contributed by atoms with van der Waals surface area (Å²) < 4.78 is 0.900. The molecule has 4 heteroatoms. The van der Waals surface area contributed by atoms with Gasteiger partial charge in [0.1, 0.15) is 0 Å². The summed E-state index contributed by atoms with van der Waals surface area (Å²) in [6.45, 7) is 3.97. The average molecular weight is 316 g/mol. The summed E-state index contributed by atoms with van der Waals surface area (Å²) >= 11 is 3.49. The van der Waals surface area contributed by atoms with E-state index in [0.29, 0.717) is 5.56 Å². The van der Waals surface area contributed by atoms with Gasteiger partial charge in [0.25, 0.3) is 0 Å². The molecule has 0 bridgehead atoms. The molecule has 2 rings (SSSR count). The first-order chi connectivity index (χ1) is 9.01. The van der Waals surface area contributed by atoms with Crippen LogP contribution in [-0.4, -0.2) is 0 Å². The zero-order valence-corrected chi connectivity index (χ0v) is 12.4. The fraction of sp³-hybridized carbons (Fsp3) is 0.133. The molecule has 0 aliphatic heterocycles. The van der Waals surface area contributed by atoms with E-state index in [2.05, 4.69) is 27.3 Å². The third-order valence-electron chi connectivity index (χ3n) is 2.99. The average Bonchev–Trinajstić information content (AvgIpc) is 2.38. The van der Waals surface area contributed by atoms with Crippen LogP contribution in [0.15, 0.2) is 34.8 Å². The smallest absolute Gasteiger partial charge is 0.0992 e. The molecule has 0 aliphatic rings. The summed E-state index contributed by atoms with van der Waals surface area (Å²) in [5, 5.41) is 12.3. The van der Waals surface area contributed by atoms with Crippen molar-refractivity contribution in [2.24, 2.45) is 0 Å². The molecule has 0 spiro atoms. The molecule has 0 atom stereocenters. The first-order valence-corrected chi connectivity index (χ1v) is 6.64. The van der Waals surface area contributed by atoms with Gasteiger partial charge in [-0.3, -0.25) is 0 Å². The van der Waals surface area contributed by atoms with E-state index in [9.17, 15) is 0 Å². The topological polar surface area (TPSA) is 61.8 Å². The molecule has 0 unspecified atom stereocenters. The van der Waals surface area contributed by atoms with Crippen molar-refractivity contribution in [2.45, 2.75) is 13.8 Å². The summed E-state index contributed by atoms with van der Waals surface area (Å²) in [4.78, 5) is 0. The Morgan fingerprint density at radius 2 is 1.84 bits per heavy atom. The monoisotopic (exact) mass is 315 g/mol. The fourth-order valence-corrected chi connectivity index (χ4v) is 2.22. The Balaban J connectivity index is 2.42. The van der Waals surface area contributed by atoms with E-state index < -0.39 is 0 Å². The molecule has 0 radical (unpaired) electrons. The lowest BCUT2D eigenvalue weighted by atomic mass is 10.1. The van der Waals surface area contributed by atoms with E-state index >= 15 is 0 Å². The molecule has 3 nitrogen and oxygen atoms in total. The van der Waals surface area contributed by atoms with Crippen LogP contribution in [0, 0.1) is 25.2 Å². The highest BCUT2D eigenvalue weighted by atomic mass is 79.9. The van der Waals surface area contributed by atoms with Crippen LogP contribution in [-0.2, 0) is 0 Å². The number of nitrogens with zero attached hydrogens (tertiary/aromatic N) is 1. The van der Waals surface area contributed by atoms with Gasteiger partial charge in [0.15, 0.2) is 0 Å². The molecule has 0 aromatic heterocycles. The molecule has 0 aliphatic carbocycles. The van der Waals surface area contributed by atoms with Gasteiger partial charge >= 0.3 is 0 Å². The summed E-state index contributed by atoms with van der Waals surface area (Å²) in [6, 6.07) is 11.6. The van der Waals surface area contributed by atoms with Gasteiger partial charge in [-0.15, -0.1) is 0 Å². The van der Waals surface area contributed by atoms with Crippen LogP contribution in [0.3, 0.4) is 0 Å². The number of anilines is 3. The van der Waals surface area contributed by atoms with Gasteiger partial charge in [-0.05, 0) is 65.2 Å². The van der Waals surface area contributed by atoms with Crippen molar-refractivity contribution in [3.63, 3.8) is 0 Å². The van der Waals surface area contributed by atoms with E-state index in [1.54, 1.807) is 0 Å². The largest absolute Gasteiger partial charge is 0.398 e. The van der Waals surface area contributed by atoms with Crippen molar-refractivity contribution in [1.82, 2.24) is 0 Å². The molecule has 0 heterocycles. The number of benzene rings is 2. The Bertz CT molecular complexity index is 672. The lowest BCUT2D eigenvalue weighted by molar-refractivity contribution is 1.38. The summed E-state index contributed by atoms with van der Waals surface area (Å²) in [5.41, 5.74) is 11.2.